The highest BCUT2D eigenvalue weighted by molar-refractivity contribution is 5.60. The number of rotatable bonds is 6. The van der Waals surface area contributed by atoms with Crippen LogP contribution in [0.15, 0.2) is 60.7 Å². The number of nitrogens with one attached hydrogen (secondary N) is 1. The number of nitrogens with zero attached hydrogens (tertiary/aromatic N) is 1. The van der Waals surface area contributed by atoms with Crippen molar-refractivity contribution in [2.24, 2.45) is 0 Å². The lowest BCUT2D eigenvalue weighted by Crippen LogP contribution is -2.18. The van der Waals surface area contributed by atoms with Crippen molar-refractivity contribution >= 4 is 11.8 Å². The van der Waals surface area contributed by atoms with Crippen molar-refractivity contribution in [1.29, 1.82) is 0 Å². The van der Waals surface area contributed by atoms with Crippen molar-refractivity contribution < 1.29 is 4.92 Å². The minimum Gasteiger partial charge on any atom is -0.307 e. The number of benzene rings is 2. The second-order valence-electron chi connectivity index (χ2n) is 4.76. The molecule has 1 atom stereocenters. The average molecular weight is 282 g/mol. The smallest absolute Gasteiger partial charge is 0.276 e. The second-order valence-corrected chi connectivity index (χ2v) is 4.76. The summed E-state index contributed by atoms with van der Waals surface area (Å²) in [5, 5.41) is 14.3. The Kier molecular flexibility index (Phi) is 5.23. The van der Waals surface area contributed by atoms with Gasteiger partial charge in [-0.1, -0.05) is 54.6 Å². The van der Waals surface area contributed by atoms with Gasteiger partial charge in [0.15, 0.2) is 0 Å². The maximum atomic E-state index is 10.9. The fourth-order valence-electron chi connectivity index (χ4n) is 2.09. The van der Waals surface area contributed by atoms with Crippen LogP contribution in [0, 0.1) is 10.1 Å². The van der Waals surface area contributed by atoms with E-state index < -0.39 is 0 Å². The molecule has 0 saturated carbocycles. The van der Waals surface area contributed by atoms with E-state index in [4.69, 9.17) is 0 Å². The van der Waals surface area contributed by atoms with E-state index in [0.29, 0.717) is 12.1 Å². The number of para-hydroxylation sites is 1. The largest absolute Gasteiger partial charge is 0.307 e. The van der Waals surface area contributed by atoms with Gasteiger partial charge in [0.2, 0.25) is 0 Å². The van der Waals surface area contributed by atoms with Crippen LogP contribution in [-0.2, 0) is 0 Å². The fraction of sp³-hybridized carbons (Fsp3) is 0.176. The average Bonchev–Trinajstić information content (AvgIpc) is 2.52. The molecule has 0 aromatic heterocycles. The molecule has 0 bridgehead atoms. The molecule has 1 unspecified atom stereocenters. The third kappa shape index (κ3) is 4.26. The zero-order valence-corrected chi connectivity index (χ0v) is 11.9. The molecular weight excluding hydrogens is 264 g/mol. The van der Waals surface area contributed by atoms with Crippen LogP contribution in [0.3, 0.4) is 0 Å². The number of nitro benzene ring substituents is 1. The van der Waals surface area contributed by atoms with Crippen molar-refractivity contribution in [2.45, 2.75) is 13.0 Å². The first-order chi connectivity index (χ1) is 10.2. The van der Waals surface area contributed by atoms with Gasteiger partial charge in [0.25, 0.3) is 5.69 Å². The van der Waals surface area contributed by atoms with E-state index in [2.05, 4.69) is 24.4 Å². The van der Waals surface area contributed by atoms with Gasteiger partial charge >= 0.3 is 0 Å². The first-order valence-electron chi connectivity index (χ1n) is 6.87. The molecular formula is C17H18N2O2. The normalized spacial score (nSPS) is 12.4. The van der Waals surface area contributed by atoms with Gasteiger partial charge in [-0.25, -0.2) is 0 Å². The van der Waals surface area contributed by atoms with Crippen LogP contribution >= 0.6 is 0 Å². The molecule has 21 heavy (non-hydrogen) atoms. The van der Waals surface area contributed by atoms with E-state index in [1.807, 2.05) is 24.3 Å². The predicted molar refractivity (Wildman–Crippen MR) is 85.0 cm³/mol. The van der Waals surface area contributed by atoms with Crippen LogP contribution in [0.2, 0.25) is 0 Å². The van der Waals surface area contributed by atoms with Gasteiger partial charge < -0.3 is 5.32 Å². The van der Waals surface area contributed by atoms with E-state index in [0.717, 1.165) is 0 Å². The third-order valence-corrected chi connectivity index (χ3v) is 3.27. The van der Waals surface area contributed by atoms with Crippen molar-refractivity contribution in [3.05, 3.63) is 81.9 Å². The zero-order chi connectivity index (χ0) is 15.1. The Balaban J connectivity index is 1.93. The fourth-order valence-corrected chi connectivity index (χ4v) is 2.09. The Morgan fingerprint density at radius 1 is 1.14 bits per heavy atom. The first-order valence-corrected chi connectivity index (χ1v) is 6.87. The van der Waals surface area contributed by atoms with Crippen LogP contribution in [0.1, 0.15) is 24.1 Å². The topological polar surface area (TPSA) is 55.2 Å². The lowest BCUT2D eigenvalue weighted by atomic mass is 10.1. The van der Waals surface area contributed by atoms with E-state index in [1.165, 1.54) is 11.6 Å². The minimum absolute atomic E-state index is 0.129. The molecule has 0 saturated heterocycles. The summed E-state index contributed by atoms with van der Waals surface area (Å²) in [4.78, 5) is 10.5. The van der Waals surface area contributed by atoms with E-state index >= 15 is 0 Å². The quantitative estimate of drug-likeness (QED) is 0.644. The molecule has 108 valence electrons. The minimum atomic E-state index is -0.361. The molecule has 0 radical (unpaired) electrons. The Morgan fingerprint density at radius 3 is 2.52 bits per heavy atom. The SMILES string of the molecule is CC(NCC=Cc1ccccc1[N+](=O)[O-])c1ccccc1. The van der Waals surface area contributed by atoms with Crippen LogP contribution in [0.4, 0.5) is 5.69 Å². The molecule has 2 rings (SSSR count). The van der Waals surface area contributed by atoms with E-state index in [9.17, 15) is 10.1 Å². The molecule has 0 aliphatic carbocycles. The summed E-state index contributed by atoms with van der Waals surface area (Å²) in [5.74, 6) is 0. The van der Waals surface area contributed by atoms with Gasteiger partial charge in [-0.2, -0.15) is 0 Å². The molecule has 0 heterocycles. The van der Waals surface area contributed by atoms with Gasteiger partial charge in [-0.15, -0.1) is 0 Å². The Labute approximate surface area is 124 Å². The molecule has 0 spiro atoms. The molecule has 0 aliphatic heterocycles. The van der Waals surface area contributed by atoms with Gasteiger partial charge in [0.1, 0.15) is 0 Å². The van der Waals surface area contributed by atoms with Crippen molar-refractivity contribution in [2.75, 3.05) is 6.54 Å². The number of hydrogen-bond donors (Lipinski definition) is 1. The number of hydrogen-bond acceptors (Lipinski definition) is 3. The second kappa shape index (κ2) is 7.36. The first kappa shape index (κ1) is 14.9. The van der Waals surface area contributed by atoms with Gasteiger partial charge in [-0.3, -0.25) is 10.1 Å². The standard InChI is InChI=1S/C17H18N2O2/c1-14(15-8-3-2-4-9-15)18-13-7-11-16-10-5-6-12-17(16)19(20)21/h2-12,14,18H,13H2,1H3. The van der Waals surface area contributed by atoms with E-state index in [1.54, 1.807) is 24.3 Å². The summed E-state index contributed by atoms with van der Waals surface area (Å²) in [6.45, 7) is 2.75. The van der Waals surface area contributed by atoms with Crippen LogP contribution < -0.4 is 5.32 Å². The maximum absolute atomic E-state index is 10.9. The van der Waals surface area contributed by atoms with Gasteiger partial charge in [-0.05, 0) is 18.6 Å². The summed E-state index contributed by atoms with van der Waals surface area (Å²) in [5.41, 5.74) is 1.97. The molecule has 0 fully saturated rings. The molecule has 2 aromatic rings. The molecule has 0 amide bonds. The number of nitro groups is 1. The Morgan fingerprint density at radius 2 is 1.81 bits per heavy atom. The van der Waals surface area contributed by atoms with E-state index in [-0.39, 0.29) is 16.7 Å². The van der Waals surface area contributed by atoms with Crippen LogP contribution in [-0.4, -0.2) is 11.5 Å². The monoisotopic (exact) mass is 282 g/mol. The lowest BCUT2D eigenvalue weighted by Gasteiger charge is -2.12. The zero-order valence-electron chi connectivity index (χ0n) is 11.9. The van der Waals surface area contributed by atoms with Crippen molar-refractivity contribution in [3.63, 3.8) is 0 Å². The summed E-state index contributed by atoms with van der Waals surface area (Å²) in [6.07, 6.45) is 3.69. The summed E-state index contributed by atoms with van der Waals surface area (Å²) >= 11 is 0. The summed E-state index contributed by atoms with van der Waals surface area (Å²) < 4.78 is 0. The molecule has 1 N–H and O–H groups in total. The predicted octanol–water partition coefficient (Wildman–Crippen LogP) is 3.96. The summed E-state index contributed by atoms with van der Waals surface area (Å²) in [7, 11) is 0. The van der Waals surface area contributed by atoms with Crippen molar-refractivity contribution in [1.82, 2.24) is 5.32 Å². The molecule has 4 nitrogen and oxygen atoms in total. The Hall–Kier alpha value is -2.46. The third-order valence-electron chi connectivity index (χ3n) is 3.27. The maximum Gasteiger partial charge on any atom is 0.276 e. The summed E-state index contributed by atoms with van der Waals surface area (Å²) in [6, 6.07) is 17.1. The van der Waals surface area contributed by atoms with Crippen molar-refractivity contribution in [3.8, 4) is 0 Å². The molecule has 2 aromatic carbocycles. The lowest BCUT2D eigenvalue weighted by molar-refractivity contribution is -0.385. The molecule has 4 heteroatoms. The molecule has 0 aliphatic rings. The van der Waals surface area contributed by atoms with Crippen LogP contribution in [0.5, 0.6) is 0 Å². The van der Waals surface area contributed by atoms with Gasteiger partial charge in [0, 0.05) is 18.7 Å². The highest BCUT2D eigenvalue weighted by atomic mass is 16.6. The van der Waals surface area contributed by atoms with Crippen LogP contribution in [0.25, 0.3) is 6.08 Å². The highest BCUT2D eigenvalue weighted by Gasteiger charge is 2.09. The van der Waals surface area contributed by atoms with Gasteiger partial charge in [0.05, 0.1) is 10.5 Å². The highest BCUT2D eigenvalue weighted by Crippen LogP contribution is 2.18. The Bertz CT molecular complexity index is 624.